The summed E-state index contributed by atoms with van der Waals surface area (Å²) in [4.78, 5) is 28.3. The van der Waals surface area contributed by atoms with Crippen LogP contribution in [0.5, 0.6) is 0 Å². The van der Waals surface area contributed by atoms with Crippen LogP contribution >= 0.6 is 0 Å². The number of aromatic nitrogens is 4. The molecule has 1 N–H and O–H groups in total. The Labute approximate surface area is 188 Å². The molecular formula is C24H30N6O2. The van der Waals surface area contributed by atoms with Crippen LogP contribution in [0.3, 0.4) is 0 Å². The number of rotatable bonds is 8. The van der Waals surface area contributed by atoms with Crippen molar-refractivity contribution in [2.45, 2.75) is 32.7 Å². The number of carbonyl (C=O) groups is 1. The number of nitrogens with zero attached hydrogens (tertiary/aromatic N) is 5. The Morgan fingerprint density at radius 1 is 1.19 bits per heavy atom. The van der Waals surface area contributed by atoms with Gasteiger partial charge in [-0.05, 0) is 50.6 Å². The lowest BCUT2D eigenvalue weighted by atomic mass is 9.96. The molecule has 0 spiro atoms. The lowest BCUT2D eigenvalue weighted by Crippen LogP contribution is -2.40. The van der Waals surface area contributed by atoms with Gasteiger partial charge in [0.1, 0.15) is 11.6 Å². The van der Waals surface area contributed by atoms with Gasteiger partial charge in [0, 0.05) is 68.3 Å². The first-order valence-corrected chi connectivity index (χ1v) is 11.0. The number of ether oxygens (including phenoxy) is 1. The molecule has 1 aliphatic rings. The third-order valence-corrected chi connectivity index (χ3v) is 5.81. The summed E-state index contributed by atoms with van der Waals surface area (Å²) in [6.07, 6.45) is 10.1. The number of amides is 1. The van der Waals surface area contributed by atoms with Crippen molar-refractivity contribution >= 4 is 11.6 Å². The Hall–Kier alpha value is -3.10. The number of nitrogens with one attached hydrogen (secondary N) is 1. The van der Waals surface area contributed by atoms with Crippen molar-refractivity contribution in [2.24, 2.45) is 5.92 Å². The van der Waals surface area contributed by atoms with E-state index in [0.29, 0.717) is 13.0 Å². The number of hydrogen-bond donors (Lipinski definition) is 1. The molecular weight excluding hydrogens is 404 g/mol. The van der Waals surface area contributed by atoms with Crippen molar-refractivity contribution in [1.29, 1.82) is 0 Å². The minimum Gasteiger partial charge on any atom is -0.384 e. The first kappa shape index (κ1) is 22.1. The Morgan fingerprint density at radius 3 is 2.66 bits per heavy atom. The van der Waals surface area contributed by atoms with Gasteiger partial charge in [-0.1, -0.05) is 0 Å². The summed E-state index contributed by atoms with van der Waals surface area (Å²) in [5.74, 6) is 1.77. The number of carbonyl (C=O) groups excluding carboxylic acids is 1. The fourth-order valence-corrected chi connectivity index (χ4v) is 4.06. The highest BCUT2D eigenvalue weighted by atomic mass is 16.5. The number of hydrogen-bond acceptors (Lipinski definition) is 6. The van der Waals surface area contributed by atoms with Crippen LogP contribution in [0.1, 0.15) is 30.1 Å². The molecule has 3 aromatic rings. The summed E-state index contributed by atoms with van der Waals surface area (Å²) < 4.78 is 7.08. The lowest BCUT2D eigenvalue weighted by Gasteiger charge is -2.31. The van der Waals surface area contributed by atoms with Gasteiger partial charge in [0.05, 0.1) is 12.5 Å². The van der Waals surface area contributed by atoms with Crippen molar-refractivity contribution < 1.29 is 9.53 Å². The number of benzene rings is 1. The van der Waals surface area contributed by atoms with E-state index in [0.717, 1.165) is 61.1 Å². The highest BCUT2D eigenvalue weighted by molar-refractivity contribution is 5.92. The summed E-state index contributed by atoms with van der Waals surface area (Å²) in [7, 11) is 1.68. The summed E-state index contributed by atoms with van der Waals surface area (Å²) in [5, 5.41) is 3.08. The van der Waals surface area contributed by atoms with Crippen molar-refractivity contribution in [3.05, 3.63) is 66.3 Å². The monoisotopic (exact) mass is 434 g/mol. The van der Waals surface area contributed by atoms with Gasteiger partial charge < -0.3 is 14.6 Å². The van der Waals surface area contributed by atoms with Gasteiger partial charge in [0.15, 0.2) is 0 Å². The Bertz CT molecular complexity index is 1020. The Kier molecular flexibility index (Phi) is 7.24. The maximum atomic E-state index is 12.9. The summed E-state index contributed by atoms with van der Waals surface area (Å²) in [6.45, 7) is 5.06. The number of methoxy groups -OCH3 is 1. The maximum absolute atomic E-state index is 12.9. The molecule has 1 saturated heterocycles. The predicted molar refractivity (Wildman–Crippen MR) is 123 cm³/mol. The van der Waals surface area contributed by atoms with Gasteiger partial charge >= 0.3 is 0 Å². The van der Waals surface area contributed by atoms with E-state index < -0.39 is 0 Å². The second kappa shape index (κ2) is 10.5. The number of likely N-dealkylation sites (tertiary alicyclic amines) is 1. The predicted octanol–water partition coefficient (Wildman–Crippen LogP) is 3.01. The van der Waals surface area contributed by atoms with Crippen molar-refractivity contribution in [3.63, 3.8) is 0 Å². The SMILES string of the molecule is COCCc1ncc(CN2CCCC(C(=O)Nc3ccc(-n4ccnc4C)cc3)C2)cn1. The summed E-state index contributed by atoms with van der Waals surface area (Å²) >= 11 is 0. The van der Waals surface area contributed by atoms with E-state index in [1.807, 2.05) is 54.3 Å². The van der Waals surface area contributed by atoms with E-state index in [1.165, 1.54) is 0 Å². The first-order chi connectivity index (χ1) is 15.6. The molecule has 1 fully saturated rings. The molecule has 8 nitrogen and oxygen atoms in total. The molecule has 4 rings (SSSR count). The molecule has 1 aromatic carbocycles. The van der Waals surface area contributed by atoms with Crippen molar-refractivity contribution in [1.82, 2.24) is 24.4 Å². The van der Waals surface area contributed by atoms with Gasteiger partial charge in [0.2, 0.25) is 5.91 Å². The largest absolute Gasteiger partial charge is 0.384 e. The minimum absolute atomic E-state index is 0.0267. The van der Waals surface area contributed by atoms with Gasteiger partial charge in [0.25, 0.3) is 0 Å². The number of imidazole rings is 1. The second-order valence-corrected chi connectivity index (χ2v) is 8.21. The van der Waals surface area contributed by atoms with Crippen LogP contribution in [-0.2, 0) is 22.5 Å². The fraction of sp³-hybridized carbons (Fsp3) is 0.417. The van der Waals surface area contributed by atoms with Gasteiger partial charge in [-0.15, -0.1) is 0 Å². The molecule has 2 aromatic heterocycles. The Morgan fingerprint density at radius 2 is 1.97 bits per heavy atom. The third kappa shape index (κ3) is 5.57. The van der Waals surface area contributed by atoms with Crippen LogP contribution in [0.4, 0.5) is 5.69 Å². The zero-order valence-corrected chi connectivity index (χ0v) is 18.7. The molecule has 0 radical (unpaired) electrons. The molecule has 0 saturated carbocycles. The number of anilines is 1. The van der Waals surface area contributed by atoms with Crippen LogP contribution in [0.15, 0.2) is 49.1 Å². The zero-order valence-electron chi connectivity index (χ0n) is 18.7. The molecule has 1 atom stereocenters. The molecule has 0 aliphatic carbocycles. The van der Waals surface area contributed by atoms with Gasteiger partial charge in [-0.3, -0.25) is 9.69 Å². The summed E-state index contributed by atoms with van der Waals surface area (Å²) in [5.41, 5.74) is 2.91. The van der Waals surface area contributed by atoms with E-state index >= 15 is 0 Å². The number of aryl methyl sites for hydroxylation is 1. The van der Waals surface area contributed by atoms with Crippen LogP contribution in [0.2, 0.25) is 0 Å². The minimum atomic E-state index is -0.0267. The fourth-order valence-electron chi connectivity index (χ4n) is 4.06. The van der Waals surface area contributed by atoms with Gasteiger partial charge in [-0.2, -0.15) is 0 Å². The quantitative estimate of drug-likeness (QED) is 0.587. The molecule has 1 unspecified atom stereocenters. The zero-order chi connectivity index (χ0) is 22.3. The average Bonchev–Trinajstić information content (AvgIpc) is 3.25. The van der Waals surface area contributed by atoms with E-state index in [4.69, 9.17) is 4.74 Å². The van der Waals surface area contributed by atoms with E-state index in [2.05, 4.69) is 25.2 Å². The molecule has 0 bridgehead atoms. The Balaban J connectivity index is 1.31. The highest BCUT2D eigenvalue weighted by Gasteiger charge is 2.26. The van der Waals surface area contributed by atoms with E-state index in [1.54, 1.807) is 13.3 Å². The second-order valence-electron chi connectivity index (χ2n) is 8.21. The van der Waals surface area contributed by atoms with Crippen LogP contribution in [0.25, 0.3) is 5.69 Å². The van der Waals surface area contributed by atoms with Gasteiger partial charge in [-0.25, -0.2) is 15.0 Å². The van der Waals surface area contributed by atoms with Crippen LogP contribution in [-0.4, -0.2) is 57.1 Å². The number of piperidine rings is 1. The van der Waals surface area contributed by atoms with Crippen LogP contribution in [0, 0.1) is 12.8 Å². The molecule has 32 heavy (non-hydrogen) atoms. The summed E-state index contributed by atoms with van der Waals surface area (Å²) in [6, 6.07) is 7.87. The molecule has 168 valence electrons. The lowest BCUT2D eigenvalue weighted by molar-refractivity contribution is -0.121. The average molecular weight is 435 g/mol. The van der Waals surface area contributed by atoms with Crippen molar-refractivity contribution in [3.8, 4) is 5.69 Å². The smallest absolute Gasteiger partial charge is 0.228 e. The van der Waals surface area contributed by atoms with E-state index in [9.17, 15) is 4.79 Å². The molecule has 3 heterocycles. The van der Waals surface area contributed by atoms with E-state index in [-0.39, 0.29) is 11.8 Å². The third-order valence-electron chi connectivity index (χ3n) is 5.81. The molecule has 1 amide bonds. The van der Waals surface area contributed by atoms with Crippen LogP contribution < -0.4 is 5.32 Å². The standard InChI is InChI=1S/C24H30N6O2/c1-18-25-10-12-30(18)22-7-5-21(6-8-22)28-24(31)20-4-3-11-29(17-20)16-19-14-26-23(27-15-19)9-13-32-2/h5-8,10,12,14-15,20H,3-4,9,11,13,16-17H2,1-2H3,(H,28,31). The topological polar surface area (TPSA) is 85.2 Å². The maximum Gasteiger partial charge on any atom is 0.228 e. The first-order valence-electron chi connectivity index (χ1n) is 11.0. The normalized spacial score (nSPS) is 16.8. The van der Waals surface area contributed by atoms with Crippen molar-refractivity contribution in [2.75, 3.05) is 32.1 Å². The highest BCUT2D eigenvalue weighted by Crippen LogP contribution is 2.21. The molecule has 1 aliphatic heterocycles. The molecule has 8 heteroatoms.